The Bertz CT molecular complexity index is 304. The average Bonchev–Trinajstić information content (AvgIpc) is 2.16. The molecule has 1 atom stereocenters. The first-order chi connectivity index (χ1) is 6.56. The van der Waals surface area contributed by atoms with Crippen molar-refractivity contribution in [1.29, 1.82) is 0 Å². The van der Waals surface area contributed by atoms with Crippen molar-refractivity contribution in [2.24, 2.45) is 0 Å². The fourth-order valence-electron chi connectivity index (χ4n) is 1.31. The summed E-state index contributed by atoms with van der Waals surface area (Å²) in [7, 11) is -1.78. The maximum Gasteiger partial charge on any atom is 0.184 e. The average molecular weight is 245 g/mol. The molecule has 0 aliphatic heterocycles. The molecule has 3 heteroatoms. The van der Waals surface area contributed by atoms with Crippen LogP contribution in [0.1, 0.15) is 6.42 Å². The lowest BCUT2D eigenvalue weighted by molar-refractivity contribution is 1.19. The van der Waals surface area contributed by atoms with E-state index in [1.807, 2.05) is 30.3 Å². The largest absolute Gasteiger partial charge is 0.184 e. The molecule has 0 aliphatic rings. The Balaban J connectivity index is 2.80. The van der Waals surface area contributed by atoms with Crippen LogP contribution in [0.4, 0.5) is 0 Å². The summed E-state index contributed by atoms with van der Waals surface area (Å²) in [5.74, 6) is 0. The summed E-state index contributed by atoms with van der Waals surface area (Å²) in [5, 5.41) is 2.00. The van der Waals surface area contributed by atoms with Crippen molar-refractivity contribution in [3.05, 3.63) is 41.9 Å². The molecule has 0 saturated heterocycles. The zero-order chi connectivity index (χ0) is 10.6. The highest BCUT2D eigenvalue weighted by molar-refractivity contribution is 7.26. The maximum atomic E-state index is 6.54. The van der Waals surface area contributed by atoms with Gasteiger partial charge in [-0.05, 0) is 29.8 Å². The molecule has 0 spiro atoms. The Labute approximate surface area is 96.3 Å². The lowest BCUT2D eigenvalue weighted by atomic mass is 10.4. The lowest BCUT2D eigenvalue weighted by Gasteiger charge is -2.18. The minimum atomic E-state index is -1.78. The number of benzene rings is 1. The molecule has 0 bridgehead atoms. The van der Waals surface area contributed by atoms with Gasteiger partial charge in [-0.2, -0.15) is 11.1 Å². The second-order valence-corrected chi connectivity index (χ2v) is 9.94. The minimum absolute atomic E-state index is 0.763. The normalized spacial score (nSPS) is 14.8. The third-order valence-electron chi connectivity index (χ3n) is 2.26. The van der Waals surface area contributed by atoms with Crippen LogP contribution in [-0.4, -0.2) is 7.38 Å². The zero-order valence-corrected chi connectivity index (χ0v) is 10.8. The quantitative estimate of drug-likeness (QED) is 0.428. The number of rotatable bonds is 4. The molecule has 1 aromatic carbocycles. The van der Waals surface area contributed by atoms with E-state index in [4.69, 9.17) is 22.7 Å². The Kier molecular flexibility index (Phi) is 4.23. The Hall–Kier alpha value is -0.243. The third kappa shape index (κ3) is 3.16. The molecule has 0 radical (unpaired) electrons. The topological polar surface area (TPSA) is 0 Å². The molecule has 1 unspecified atom stereocenters. The summed E-state index contributed by atoms with van der Waals surface area (Å²) in [6, 6.07) is 8.89. The number of hydrogen-bond donors (Lipinski definition) is 0. The van der Waals surface area contributed by atoms with Crippen molar-refractivity contribution < 1.29 is 0 Å². The Morgan fingerprint density at radius 3 is 2.43 bits per heavy atom. The van der Waals surface area contributed by atoms with Gasteiger partial charge < -0.3 is 0 Å². The smallest absolute Gasteiger partial charge is 0.161 e. The molecular weight excluding hydrogens is 231 g/mol. The van der Waals surface area contributed by atoms with Crippen LogP contribution in [-0.2, 0) is 0 Å². The molecular formula is C11H14Cl2Si. The first kappa shape index (κ1) is 11.8. The predicted molar refractivity (Wildman–Crippen MR) is 68.2 cm³/mol. The minimum Gasteiger partial charge on any atom is -0.161 e. The second-order valence-electron chi connectivity index (χ2n) is 3.53. The summed E-state index contributed by atoms with van der Waals surface area (Å²) in [6.45, 7) is 5.87. The van der Waals surface area contributed by atoms with Crippen LogP contribution in [0.3, 0.4) is 0 Å². The molecule has 0 aliphatic carbocycles. The standard InChI is InChI=1S/C11H14Cl2Si/c1-3-4-9-14(2,13)11-7-5-10(12)6-8-11/h3,5-8H,1,4,9H2,2H3. The SMILES string of the molecule is C=CCC[Si](C)(Cl)c1ccc(Cl)cc1. The van der Waals surface area contributed by atoms with Gasteiger partial charge in [0.25, 0.3) is 0 Å². The van der Waals surface area contributed by atoms with Gasteiger partial charge in [-0.1, -0.05) is 36.4 Å². The fraction of sp³-hybridized carbons (Fsp3) is 0.273. The molecule has 0 N–H and O–H groups in total. The van der Waals surface area contributed by atoms with Crippen molar-refractivity contribution in [3.8, 4) is 0 Å². The molecule has 0 saturated carbocycles. The highest BCUT2D eigenvalue weighted by Crippen LogP contribution is 2.18. The van der Waals surface area contributed by atoms with E-state index in [1.54, 1.807) is 0 Å². The van der Waals surface area contributed by atoms with Crippen LogP contribution in [0.15, 0.2) is 36.9 Å². The molecule has 1 rings (SSSR count). The molecule has 14 heavy (non-hydrogen) atoms. The fourth-order valence-corrected chi connectivity index (χ4v) is 4.04. The van der Waals surface area contributed by atoms with Gasteiger partial charge in [-0.3, -0.25) is 0 Å². The van der Waals surface area contributed by atoms with Gasteiger partial charge in [-0.15, -0.1) is 6.58 Å². The van der Waals surface area contributed by atoms with E-state index in [0.717, 1.165) is 17.5 Å². The van der Waals surface area contributed by atoms with Crippen LogP contribution < -0.4 is 5.19 Å². The van der Waals surface area contributed by atoms with E-state index in [0.29, 0.717) is 0 Å². The van der Waals surface area contributed by atoms with Crippen LogP contribution in [0.25, 0.3) is 0 Å². The van der Waals surface area contributed by atoms with E-state index in [9.17, 15) is 0 Å². The Morgan fingerprint density at radius 2 is 1.93 bits per heavy atom. The summed E-state index contributed by atoms with van der Waals surface area (Å²) < 4.78 is 0. The van der Waals surface area contributed by atoms with E-state index in [-0.39, 0.29) is 0 Å². The van der Waals surface area contributed by atoms with Gasteiger partial charge in [-0.25, -0.2) is 0 Å². The molecule has 1 aromatic rings. The van der Waals surface area contributed by atoms with Gasteiger partial charge in [0.15, 0.2) is 7.38 Å². The first-order valence-electron chi connectivity index (χ1n) is 4.62. The Morgan fingerprint density at radius 1 is 1.36 bits per heavy atom. The summed E-state index contributed by atoms with van der Waals surface area (Å²) >= 11 is 12.4. The van der Waals surface area contributed by atoms with Crippen LogP contribution in [0.5, 0.6) is 0 Å². The van der Waals surface area contributed by atoms with E-state index in [2.05, 4.69) is 13.1 Å². The van der Waals surface area contributed by atoms with E-state index >= 15 is 0 Å². The van der Waals surface area contributed by atoms with Gasteiger partial charge in [0.1, 0.15) is 0 Å². The van der Waals surface area contributed by atoms with Crippen molar-refractivity contribution in [2.45, 2.75) is 19.0 Å². The van der Waals surface area contributed by atoms with E-state index < -0.39 is 7.38 Å². The van der Waals surface area contributed by atoms with Crippen LogP contribution in [0, 0.1) is 0 Å². The van der Waals surface area contributed by atoms with Crippen molar-refractivity contribution in [2.75, 3.05) is 0 Å². The lowest BCUT2D eigenvalue weighted by Crippen LogP contribution is -2.38. The number of halogens is 2. The highest BCUT2D eigenvalue weighted by Gasteiger charge is 2.25. The van der Waals surface area contributed by atoms with Gasteiger partial charge in [0.05, 0.1) is 0 Å². The van der Waals surface area contributed by atoms with Crippen molar-refractivity contribution >= 4 is 35.3 Å². The van der Waals surface area contributed by atoms with Crippen molar-refractivity contribution in [3.63, 3.8) is 0 Å². The zero-order valence-electron chi connectivity index (χ0n) is 8.26. The van der Waals surface area contributed by atoms with Gasteiger partial charge in [0, 0.05) is 5.02 Å². The molecule has 0 nitrogen and oxygen atoms in total. The third-order valence-corrected chi connectivity index (χ3v) is 6.50. The van der Waals surface area contributed by atoms with E-state index in [1.165, 1.54) is 5.19 Å². The molecule has 0 fully saturated rings. The van der Waals surface area contributed by atoms with Crippen molar-refractivity contribution in [1.82, 2.24) is 0 Å². The van der Waals surface area contributed by atoms with Gasteiger partial charge in [0.2, 0.25) is 0 Å². The number of hydrogen-bond acceptors (Lipinski definition) is 0. The molecule has 76 valence electrons. The summed E-state index contributed by atoms with van der Waals surface area (Å²) in [4.78, 5) is 0. The second kappa shape index (κ2) is 5.01. The first-order valence-corrected chi connectivity index (χ1v) is 8.72. The van der Waals surface area contributed by atoms with Crippen LogP contribution in [0.2, 0.25) is 17.6 Å². The highest BCUT2D eigenvalue weighted by atomic mass is 35.6. The number of allylic oxidation sites excluding steroid dienone is 1. The maximum absolute atomic E-state index is 6.54. The predicted octanol–water partition coefficient (Wildman–Crippen LogP) is 3.94. The monoisotopic (exact) mass is 244 g/mol. The molecule has 0 aromatic heterocycles. The summed E-state index contributed by atoms with van der Waals surface area (Å²) in [5.41, 5.74) is 0. The molecule has 0 heterocycles. The molecule has 0 amide bonds. The van der Waals surface area contributed by atoms with Crippen LogP contribution >= 0.6 is 22.7 Å². The van der Waals surface area contributed by atoms with Gasteiger partial charge >= 0.3 is 0 Å². The summed E-state index contributed by atoms with van der Waals surface area (Å²) in [6.07, 6.45) is 2.90.